The fraction of sp³-hybridized carbons (Fsp3) is 0.500. The number of aromatic nitrogens is 3. The maximum Gasteiger partial charge on any atom is 0.305 e. The summed E-state index contributed by atoms with van der Waals surface area (Å²) in [5.41, 5.74) is 1.99. The molecule has 0 unspecified atom stereocenters. The number of aryl methyl sites for hydroxylation is 1. The molecule has 0 aliphatic carbocycles. The number of amides is 1. The molecule has 1 aliphatic heterocycles. The molecule has 24 heavy (non-hydrogen) atoms. The van der Waals surface area contributed by atoms with Gasteiger partial charge >= 0.3 is 5.97 Å². The summed E-state index contributed by atoms with van der Waals surface area (Å²) < 4.78 is 6.99. The van der Waals surface area contributed by atoms with Gasteiger partial charge in [-0.1, -0.05) is 5.21 Å². The quantitative estimate of drug-likeness (QED) is 0.879. The molecule has 0 bridgehead atoms. The average molecular weight is 332 g/mol. The van der Waals surface area contributed by atoms with Gasteiger partial charge in [0.1, 0.15) is 5.52 Å². The van der Waals surface area contributed by atoms with Crippen molar-refractivity contribution in [2.45, 2.75) is 25.3 Å². The van der Waals surface area contributed by atoms with Crippen molar-refractivity contribution in [3.63, 3.8) is 0 Å². The number of aliphatic carboxylic acids is 1. The van der Waals surface area contributed by atoms with E-state index in [0.29, 0.717) is 24.3 Å². The number of rotatable bonds is 5. The third-order valence-electron chi connectivity index (χ3n) is 4.32. The highest BCUT2D eigenvalue weighted by Gasteiger charge is 2.27. The molecule has 1 aromatic heterocycles. The van der Waals surface area contributed by atoms with Gasteiger partial charge in [0.05, 0.1) is 11.9 Å². The molecule has 1 fully saturated rings. The first-order chi connectivity index (χ1) is 11.6. The topological polar surface area (TPSA) is 97.6 Å². The maximum atomic E-state index is 12.9. The fourth-order valence-corrected chi connectivity index (χ4v) is 3.00. The predicted molar refractivity (Wildman–Crippen MR) is 85.6 cm³/mol. The molecule has 0 radical (unpaired) electrons. The number of fused-ring (bicyclic) bond motifs is 1. The number of nitrogens with zero attached hydrogens (tertiary/aromatic N) is 4. The van der Waals surface area contributed by atoms with Gasteiger partial charge in [-0.25, -0.2) is 4.68 Å². The average Bonchev–Trinajstić information content (AvgIpc) is 2.96. The van der Waals surface area contributed by atoms with E-state index in [1.807, 2.05) is 6.07 Å². The standard InChI is InChI=1S/C16H20N4O4/c1-19-14-3-2-11(10-13(14)17-18-19)16(23)20(7-4-15(21)22)12-5-8-24-9-6-12/h2-3,10,12H,4-9H2,1H3,(H,21,22). The van der Waals surface area contributed by atoms with Crippen molar-refractivity contribution in [3.8, 4) is 0 Å². The fourth-order valence-electron chi connectivity index (χ4n) is 3.00. The summed E-state index contributed by atoms with van der Waals surface area (Å²) in [5.74, 6) is -1.08. The Balaban J connectivity index is 1.85. The van der Waals surface area contributed by atoms with Gasteiger partial charge in [-0.2, -0.15) is 0 Å². The number of hydrogen-bond acceptors (Lipinski definition) is 5. The highest BCUT2D eigenvalue weighted by Crippen LogP contribution is 2.20. The van der Waals surface area contributed by atoms with Crippen LogP contribution in [0.3, 0.4) is 0 Å². The Labute approximate surface area is 139 Å². The number of benzene rings is 1. The SMILES string of the molecule is Cn1nnc2cc(C(=O)N(CCC(=O)O)C3CCOCC3)ccc21. The maximum absolute atomic E-state index is 12.9. The highest BCUT2D eigenvalue weighted by atomic mass is 16.5. The van der Waals surface area contributed by atoms with Crippen molar-refractivity contribution in [2.24, 2.45) is 7.05 Å². The summed E-state index contributed by atoms with van der Waals surface area (Å²) in [5, 5.41) is 16.9. The molecule has 1 amide bonds. The minimum absolute atomic E-state index is 0.00292. The minimum atomic E-state index is -0.913. The van der Waals surface area contributed by atoms with E-state index in [1.54, 1.807) is 28.8 Å². The summed E-state index contributed by atoms with van der Waals surface area (Å²) in [6.07, 6.45) is 1.37. The van der Waals surface area contributed by atoms with Gasteiger partial charge in [-0.3, -0.25) is 9.59 Å². The smallest absolute Gasteiger partial charge is 0.305 e. The lowest BCUT2D eigenvalue weighted by molar-refractivity contribution is -0.137. The predicted octanol–water partition coefficient (Wildman–Crippen LogP) is 1.06. The van der Waals surface area contributed by atoms with Crippen LogP contribution in [0.2, 0.25) is 0 Å². The second-order valence-electron chi connectivity index (χ2n) is 5.90. The zero-order valence-electron chi connectivity index (χ0n) is 13.5. The Morgan fingerprint density at radius 3 is 2.83 bits per heavy atom. The lowest BCUT2D eigenvalue weighted by atomic mass is 10.0. The van der Waals surface area contributed by atoms with Crippen LogP contribution in [-0.4, -0.2) is 62.7 Å². The normalized spacial score (nSPS) is 15.5. The van der Waals surface area contributed by atoms with Crippen molar-refractivity contribution >= 4 is 22.9 Å². The number of carboxylic acids is 1. The number of ether oxygens (including phenoxy) is 1. The Bertz CT molecular complexity index is 752. The van der Waals surface area contributed by atoms with Gasteiger partial charge in [0.25, 0.3) is 5.91 Å². The van der Waals surface area contributed by atoms with Gasteiger partial charge in [-0.05, 0) is 31.0 Å². The van der Waals surface area contributed by atoms with Crippen molar-refractivity contribution < 1.29 is 19.4 Å². The third-order valence-corrected chi connectivity index (χ3v) is 4.32. The first kappa shape index (κ1) is 16.4. The van der Waals surface area contributed by atoms with E-state index >= 15 is 0 Å². The van der Waals surface area contributed by atoms with E-state index in [0.717, 1.165) is 18.4 Å². The van der Waals surface area contributed by atoms with Crippen LogP contribution in [-0.2, 0) is 16.6 Å². The molecular formula is C16H20N4O4. The molecule has 128 valence electrons. The molecule has 3 rings (SSSR count). The molecular weight excluding hydrogens is 312 g/mol. The highest BCUT2D eigenvalue weighted by molar-refractivity contribution is 5.97. The van der Waals surface area contributed by atoms with E-state index in [9.17, 15) is 9.59 Å². The van der Waals surface area contributed by atoms with Crippen LogP contribution in [0.4, 0.5) is 0 Å². The molecule has 2 heterocycles. The number of hydrogen-bond donors (Lipinski definition) is 1. The number of carboxylic acid groups (broad SMARTS) is 1. The van der Waals surface area contributed by atoms with E-state index in [2.05, 4.69) is 10.3 Å². The molecule has 1 N–H and O–H groups in total. The Kier molecular flexibility index (Phi) is 4.75. The molecule has 1 aliphatic rings. The Hall–Kier alpha value is -2.48. The van der Waals surface area contributed by atoms with Gasteiger partial charge in [0, 0.05) is 38.4 Å². The lowest BCUT2D eigenvalue weighted by Gasteiger charge is -2.34. The second-order valence-corrected chi connectivity index (χ2v) is 5.90. The van der Waals surface area contributed by atoms with Crippen LogP contribution in [0, 0.1) is 0 Å². The molecule has 0 saturated carbocycles. The molecule has 2 aromatic rings. The van der Waals surface area contributed by atoms with Crippen molar-refractivity contribution in [1.29, 1.82) is 0 Å². The van der Waals surface area contributed by atoms with E-state index in [-0.39, 0.29) is 24.9 Å². The minimum Gasteiger partial charge on any atom is -0.481 e. The summed E-state index contributed by atoms with van der Waals surface area (Å²) in [6, 6.07) is 5.25. The van der Waals surface area contributed by atoms with Crippen LogP contribution < -0.4 is 0 Å². The summed E-state index contributed by atoms with van der Waals surface area (Å²) in [6.45, 7) is 1.37. The summed E-state index contributed by atoms with van der Waals surface area (Å²) in [4.78, 5) is 25.5. The van der Waals surface area contributed by atoms with Crippen molar-refractivity contribution in [3.05, 3.63) is 23.8 Å². The summed E-state index contributed by atoms with van der Waals surface area (Å²) in [7, 11) is 1.79. The van der Waals surface area contributed by atoms with Crippen LogP contribution in [0.25, 0.3) is 11.0 Å². The van der Waals surface area contributed by atoms with Gasteiger partial charge in [0.15, 0.2) is 0 Å². The van der Waals surface area contributed by atoms with Gasteiger partial charge in [-0.15, -0.1) is 5.10 Å². The molecule has 0 spiro atoms. The number of carbonyl (C=O) groups is 2. The Morgan fingerprint density at radius 2 is 2.12 bits per heavy atom. The van der Waals surface area contributed by atoms with E-state index in [1.165, 1.54) is 0 Å². The third kappa shape index (κ3) is 3.38. The van der Waals surface area contributed by atoms with Crippen molar-refractivity contribution in [1.82, 2.24) is 19.9 Å². The molecule has 1 aromatic carbocycles. The largest absolute Gasteiger partial charge is 0.481 e. The van der Waals surface area contributed by atoms with Crippen molar-refractivity contribution in [2.75, 3.05) is 19.8 Å². The van der Waals surface area contributed by atoms with Crippen LogP contribution in [0.5, 0.6) is 0 Å². The first-order valence-corrected chi connectivity index (χ1v) is 7.96. The lowest BCUT2D eigenvalue weighted by Crippen LogP contribution is -2.44. The molecule has 8 nitrogen and oxygen atoms in total. The van der Waals surface area contributed by atoms with E-state index in [4.69, 9.17) is 9.84 Å². The zero-order valence-corrected chi connectivity index (χ0v) is 13.5. The second kappa shape index (κ2) is 6.96. The van der Waals surface area contributed by atoms with Crippen LogP contribution in [0.15, 0.2) is 18.2 Å². The molecule has 1 saturated heterocycles. The number of carbonyl (C=O) groups excluding carboxylic acids is 1. The first-order valence-electron chi connectivity index (χ1n) is 7.96. The summed E-state index contributed by atoms with van der Waals surface area (Å²) >= 11 is 0. The van der Waals surface area contributed by atoms with Crippen LogP contribution in [0.1, 0.15) is 29.6 Å². The van der Waals surface area contributed by atoms with Gasteiger partial charge in [0.2, 0.25) is 0 Å². The zero-order chi connectivity index (χ0) is 17.1. The molecule has 8 heteroatoms. The monoisotopic (exact) mass is 332 g/mol. The Morgan fingerprint density at radius 1 is 1.38 bits per heavy atom. The van der Waals surface area contributed by atoms with E-state index < -0.39 is 5.97 Å². The molecule has 0 atom stereocenters. The van der Waals surface area contributed by atoms with Gasteiger partial charge < -0.3 is 14.7 Å². The van der Waals surface area contributed by atoms with Crippen LogP contribution >= 0.6 is 0 Å².